The van der Waals surface area contributed by atoms with Gasteiger partial charge in [0.05, 0.1) is 11.6 Å². The fourth-order valence-corrected chi connectivity index (χ4v) is 5.86. The van der Waals surface area contributed by atoms with E-state index in [1.54, 1.807) is 12.1 Å². The van der Waals surface area contributed by atoms with E-state index in [1.807, 2.05) is 32.6 Å². The fourth-order valence-electron chi connectivity index (χ4n) is 5.86. The highest BCUT2D eigenvalue weighted by Gasteiger charge is 2.46. The molecule has 0 spiro atoms. The van der Waals surface area contributed by atoms with Crippen LogP contribution in [0.15, 0.2) is 36.4 Å². The molecule has 1 aliphatic heterocycles. The van der Waals surface area contributed by atoms with Gasteiger partial charge >= 0.3 is 0 Å². The molecule has 0 aliphatic carbocycles. The maximum atomic E-state index is 15.1. The Labute approximate surface area is 223 Å². The SMILES string of the molecule is CCC(CC)C(=O)Nc1ccc(N2CCN(C(CC)(CC)C(C(N)=O)c3ccc(F)c(F)c3)CC2)c(F)c1. The average Bonchev–Trinajstić information content (AvgIpc) is 2.90. The van der Waals surface area contributed by atoms with Gasteiger partial charge in [0.25, 0.3) is 0 Å². The van der Waals surface area contributed by atoms with Gasteiger partial charge in [0, 0.05) is 43.3 Å². The van der Waals surface area contributed by atoms with Crippen molar-refractivity contribution in [3.63, 3.8) is 0 Å². The molecule has 0 saturated carbocycles. The molecule has 2 amide bonds. The van der Waals surface area contributed by atoms with Crippen molar-refractivity contribution in [3.05, 3.63) is 59.4 Å². The largest absolute Gasteiger partial charge is 0.369 e. The molecule has 0 radical (unpaired) electrons. The Kier molecular flexibility index (Phi) is 9.82. The number of nitrogens with zero attached hydrogens (tertiary/aromatic N) is 2. The first kappa shape index (κ1) is 29.5. The lowest BCUT2D eigenvalue weighted by atomic mass is 9.73. The van der Waals surface area contributed by atoms with Crippen LogP contribution in [0.25, 0.3) is 0 Å². The zero-order chi connectivity index (χ0) is 28.0. The van der Waals surface area contributed by atoms with E-state index in [-0.39, 0.29) is 11.8 Å². The van der Waals surface area contributed by atoms with E-state index in [1.165, 1.54) is 12.1 Å². The van der Waals surface area contributed by atoms with Gasteiger partial charge in [-0.2, -0.15) is 0 Å². The molecule has 9 heteroatoms. The van der Waals surface area contributed by atoms with Crippen LogP contribution in [0, 0.1) is 23.4 Å². The molecule has 0 aromatic heterocycles. The van der Waals surface area contributed by atoms with Gasteiger partial charge < -0.3 is 16.0 Å². The summed E-state index contributed by atoms with van der Waals surface area (Å²) >= 11 is 0. The molecule has 0 bridgehead atoms. The van der Waals surface area contributed by atoms with Gasteiger partial charge in [-0.05, 0) is 61.6 Å². The summed E-state index contributed by atoms with van der Waals surface area (Å²) in [5, 5.41) is 2.80. The Morgan fingerprint density at radius 1 is 0.895 bits per heavy atom. The third kappa shape index (κ3) is 5.98. The quantitative estimate of drug-likeness (QED) is 0.405. The number of hydrogen-bond donors (Lipinski definition) is 2. The second-order valence-corrected chi connectivity index (χ2v) is 9.96. The molecule has 2 aromatic carbocycles. The zero-order valence-corrected chi connectivity index (χ0v) is 22.7. The number of benzene rings is 2. The molecule has 1 aliphatic rings. The van der Waals surface area contributed by atoms with E-state index in [0.29, 0.717) is 56.0 Å². The van der Waals surface area contributed by atoms with Crippen LogP contribution >= 0.6 is 0 Å². The summed E-state index contributed by atoms with van der Waals surface area (Å²) in [6.45, 7) is 9.88. The van der Waals surface area contributed by atoms with Gasteiger partial charge in [0.15, 0.2) is 11.6 Å². The summed E-state index contributed by atoms with van der Waals surface area (Å²) < 4.78 is 42.8. The number of primary amides is 1. The second-order valence-electron chi connectivity index (χ2n) is 9.96. The lowest BCUT2D eigenvalue weighted by Crippen LogP contribution is -2.61. The molecule has 208 valence electrons. The van der Waals surface area contributed by atoms with E-state index in [4.69, 9.17) is 5.73 Å². The Morgan fingerprint density at radius 3 is 2.03 bits per heavy atom. The number of anilines is 2. The van der Waals surface area contributed by atoms with Crippen molar-refractivity contribution in [2.75, 3.05) is 36.4 Å². The number of amides is 2. The lowest BCUT2D eigenvalue weighted by molar-refractivity contribution is -0.124. The molecular formula is C29H39F3N4O2. The number of halogens is 3. The van der Waals surface area contributed by atoms with E-state index in [9.17, 15) is 18.4 Å². The number of rotatable bonds is 11. The van der Waals surface area contributed by atoms with Gasteiger partial charge in [0.1, 0.15) is 5.82 Å². The molecule has 6 nitrogen and oxygen atoms in total. The monoisotopic (exact) mass is 532 g/mol. The maximum absolute atomic E-state index is 15.1. The van der Waals surface area contributed by atoms with Gasteiger partial charge in [-0.3, -0.25) is 14.5 Å². The Balaban J connectivity index is 1.78. The van der Waals surface area contributed by atoms with Gasteiger partial charge in [0.2, 0.25) is 11.8 Å². The van der Waals surface area contributed by atoms with Crippen molar-refractivity contribution in [1.82, 2.24) is 4.90 Å². The number of carbonyl (C=O) groups excluding carboxylic acids is 2. The highest BCUT2D eigenvalue weighted by Crippen LogP contribution is 2.40. The first-order valence-corrected chi connectivity index (χ1v) is 13.5. The summed E-state index contributed by atoms with van der Waals surface area (Å²) in [7, 11) is 0. The lowest BCUT2D eigenvalue weighted by Gasteiger charge is -2.51. The minimum absolute atomic E-state index is 0.112. The predicted molar refractivity (Wildman–Crippen MR) is 144 cm³/mol. The minimum atomic E-state index is -1.02. The van der Waals surface area contributed by atoms with Crippen LogP contribution in [-0.4, -0.2) is 48.4 Å². The van der Waals surface area contributed by atoms with Crippen molar-refractivity contribution >= 4 is 23.2 Å². The maximum Gasteiger partial charge on any atom is 0.227 e. The van der Waals surface area contributed by atoms with Crippen LogP contribution < -0.4 is 16.0 Å². The van der Waals surface area contributed by atoms with Crippen LogP contribution in [-0.2, 0) is 9.59 Å². The molecule has 1 heterocycles. The van der Waals surface area contributed by atoms with E-state index < -0.39 is 34.8 Å². The molecule has 2 aromatic rings. The summed E-state index contributed by atoms with van der Waals surface area (Å²) in [6.07, 6.45) is 2.57. The van der Waals surface area contributed by atoms with E-state index in [2.05, 4.69) is 10.2 Å². The van der Waals surface area contributed by atoms with E-state index in [0.717, 1.165) is 25.0 Å². The molecule has 1 fully saturated rings. The van der Waals surface area contributed by atoms with Crippen LogP contribution in [0.2, 0.25) is 0 Å². The molecule has 3 rings (SSSR count). The zero-order valence-electron chi connectivity index (χ0n) is 22.7. The van der Waals surface area contributed by atoms with Crippen molar-refractivity contribution in [2.45, 2.75) is 64.8 Å². The first-order valence-electron chi connectivity index (χ1n) is 13.5. The van der Waals surface area contributed by atoms with Crippen molar-refractivity contribution < 1.29 is 22.8 Å². The Bertz CT molecular complexity index is 1130. The predicted octanol–water partition coefficient (Wildman–Crippen LogP) is 5.43. The van der Waals surface area contributed by atoms with Crippen molar-refractivity contribution in [1.29, 1.82) is 0 Å². The Morgan fingerprint density at radius 2 is 1.53 bits per heavy atom. The molecule has 1 atom stereocenters. The molecule has 1 saturated heterocycles. The van der Waals surface area contributed by atoms with Gasteiger partial charge in [-0.15, -0.1) is 0 Å². The highest BCUT2D eigenvalue weighted by molar-refractivity contribution is 5.92. The Hall–Kier alpha value is -3.07. The van der Waals surface area contributed by atoms with E-state index >= 15 is 4.39 Å². The number of piperazine rings is 1. The fraction of sp³-hybridized carbons (Fsp3) is 0.517. The highest BCUT2D eigenvalue weighted by atomic mass is 19.2. The summed E-state index contributed by atoms with van der Waals surface area (Å²) in [5.41, 5.74) is 6.36. The number of hydrogen-bond acceptors (Lipinski definition) is 4. The van der Waals surface area contributed by atoms with Crippen LogP contribution in [0.5, 0.6) is 0 Å². The molecule has 38 heavy (non-hydrogen) atoms. The average molecular weight is 533 g/mol. The molecule has 1 unspecified atom stereocenters. The topological polar surface area (TPSA) is 78.7 Å². The molecular weight excluding hydrogens is 493 g/mol. The third-order valence-corrected chi connectivity index (χ3v) is 8.15. The third-order valence-electron chi connectivity index (χ3n) is 8.15. The normalized spacial score (nSPS) is 15.5. The smallest absolute Gasteiger partial charge is 0.227 e. The molecule has 3 N–H and O–H groups in total. The summed E-state index contributed by atoms with van der Waals surface area (Å²) in [5.74, 6) is -4.08. The number of nitrogens with two attached hydrogens (primary N) is 1. The second kappa shape index (κ2) is 12.7. The number of nitrogens with one attached hydrogen (secondary N) is 1. The first-order chi connectivity index (χ1) is 18.1. The summed E-state index contributed by atoms with van der Waals surface area (Å²) in [4.78, 5) is 29.2. The van der Waals surface area contributed by atoms with Crippen molar-refractivity contribution in [2.24, 2.45) is 11.7 Å². The summed E-state index contributed by atoms with van der Waals surface area (Å²) in [6, 6.07) is 8.22. The van der Waals surface area contributed by atoms with Gasteiger partial charge in [-0.1, -0.05) is 33.8 Å². The van der Waals surface area contributed by atoms with Gasteiger partial charge in [-0.25, -0.2) is 13.2 Å². The number of carbonyl (C=O) groups is 2. The minimum Gasteiger partial charge on any atom is -0.369 e. The standard InChI is InChI=1S/C29H39F3N4O2/c1-5-19(6-2)28(38)34-21-10-12-25(24(32)18-21)35-13-15-36(16-14-35)29(7-3,8-4)26(27(33)37)20-9-11-22(30)23(31)17-20/h9-12,17-19,26H,5-8,13-16H2,1-4H3,(H2,33,37)(H,34,38). The van der Waals surface area contributed by atoms with Crippen LogP contribution in [0.4, 0.5) is 24.5 Å². The van der Waals surface area contributed by atoms with Crippen LogP contribution in [0.3, 0.4) is 0 Å². The van der Waals surface area contributed by atoms with Crippen LogP contribution in [0.1, 0.15) is 64.9 Å². The van der Waals surface area contributed by atoms with Crippen molar-refractivity contribution in [3.8, 4) is 0 Å².